The van der Waals surface area contributed by atoms with E-state index in [2.05, 4.69) is 15.6 Å². The molecule has 0 spiro atoms. The summed E-state index contributed by atoms with van der Waals surface area (Å²) in [6.07, 6.45) is 1.62. The van der Waals surface area contributed by atoms with Crippen molar-refractivity contribution in [2.24, 2.45) is 5.10 Å². The van der Waals surface area contributed by atoms with Gasteiger partial charge in [0.1, 0.15) is 6.54 Å². The summed E-state index contributed by atoms with van der Waals surface area (Å²) in [6, 6.07) is 9.83. The van der Waals surface area contributed by atoms with Gasteiger partial charge in [-0.15, -0.1) is 0 Å². The predicted octanol–water partition coefficient (Wildman–Crippen LogP) is 1.96. The lowest BCUT2D eigenvalue weighted by atomic mass is 10.2. The summed E-state index contributed by atoms with van der Waals surface area (Å²) in [6.45, 7) is 6.02. The molecule has 1 aromatic heterocycles. The van der Waals surface area contributed by atoms with Crippen LogP contribution in [0.1, 0.15) is 22.5 Å². The van der Waals surface area contributed by atoms with Crippen molar-refractivity contribution in [3.05, 3.63) is 52.8 Å². The molecule has 1 heterocycles. The van der Waals surface area contributed by atoms with Gasteiger partial charge < -0.3 is 0 Å². The number of amides is 1. The number of carbonyl (C=O) groups is 1. The predicted molar refractivity (Wildman–Crippen MR) is 78.6 cm³/mol. The molecule has 1 N–H and O–H groups in total. The third kappa shape index (κ3) is 3.78. The molecule has 1 amide bonds. The Labute approximate surface area is 118 Å². The molecular weight excluding hydrogens is 252 g/mol. The molecule has 1 aromatic carbocycles. The number of aryl methyl sites for hydroxylation is 3. The lowest BCUT2D eigenvalue weighted by Crippen LogP contribution is -2.24. The molecule has 0 atom stereocenters. The Kier molecular flexibility index (Phi) is 4.30. The zero-order chi connectivity index (χ0) is 14.5. The third-order valence-electron chi connectivity index (χ3n) is 2.88. The number of hydrazone groups is 1. The van der Waals surface area contributed by atoms with Crippen molar-refractivity contribution in [2.75, 3.05) is 0 Å². The number of aromatic nitrogens is 2. The number of carbonyl (C=O) groups excluding carboxylic acids is 1. The van der Waals surface area contributed by atoms with E-state index in [0.29, 0.717) is 0 Å². The molecule has 5 nitrogen and oxygen atoms in total. The molecule has 0 aliphatic carbocycles. The normalized spacial score (nSPS) is 10.9. The summed E-state index contributed by atoms with van der Waals surface area (Å²) in [5, 5.41) is 8.17. The van der Waals surface area contributed by atoms with Gasteiger partial charge in [-0.2, -0.15) is 10.2 Å². The maximum atomic E-state index is 11.7. The average molecular weight is 270 g/mol. The number of nitrogens with zero attached hydrogens (tertiary/aromatic N) is 3. The summed E-state index contributed by atoms with van der Waals surface area (Å²) >= 11 is 0. The van der Waals surface area contributed by atoms with Crippen LogP contribution in [0.4, 0.5) is 0 Å². The SMILES string of the molecule is Cc1ccc(/C=N\NC(=O)Cn2nc(C)cc2C)cc1. The largest absolute Gasteiger partial charge is 0.271 e. The summed E-state index contributed by atoms with van der Waals surface area (Å²) in [7, 11) is 0. The second-order valence-electron chi connectivity index (χ2n) is 4.79. The summed E-state index contributed by atoms with van der Waals surface area (Å²) in [5.74, 6) is -0.195. The molecule has 0 fully saturated rings. The van der Waals surface area contributed by atoms with E-state index in [-0.39, 0.29) is 12.5 Å². The highest BCUT2D eigenvalue weighted by Crippen LogP contribution is 2.01. The highest BCUT2D eigenvalue weighted by molar-refractivity contribution is 5.82. The van der Waals surface area contributed by atoms with Crippen LogP contribution in [0, 0.1) is 20.8 Å². The van der Waals surface area contributed by atoms with Gasteiger partial charge in [-0.25, -0.2) is 5.43 Å². The minimum atomic E-state index is -0.195. The summed E-state index contributed by atoms with van der Waals surface area (Å²) < 4.78 is 1.66. The van der Waals surface area contributed by atoms with Crippen molar-refractivity contribution >= 4 is 12.1 Å². The van der Waals surface area contributed by atoms with Gasteiger partial charge in [0.25, 0.3) is 5.91 Å². The van der Waals surface area contributed by atoms with Crippen LogP contribution < -0.4 is 5.43 Å². The Morgan fingerprint density at radius 2 is 2.00 bits per heavy atom. The molecule has 0 unspecified atom stereocenters. The van der Waals surface area contributed by atoms with Crippen LogP contribution in [0.5, 0.6) is 0 Å². The zero-order valence-electron chi connectivity index (χ0n) is 11.9. The van der Waals surface area contributed by atoms with Crippen LogP contribution in [0.15, 0.2) is 35.4 Å². The first-order valence-corrected chi connectivity index (χ1v) is 6.44. The fourth-order valence-corrected chi connectivity index (χ4v) is 1.84. The molecule has 2 rings (SSSR count). The maximum absolute atomic E-state index is 11.7. The molecular formula is C15H18N4O. The molecule has 20 heavy (non-hydrogen) atoms. The molecule has 0 radical (unpaired) electrons. The van der Waals surface area contributed by atoms with Crippen LogP contribution in [-0.2, 0) is 11.3 Å². The number of rotatable bonds is 4. The van der Waals surface area contributed by atoms with Crippen molar-refractivity contribution < 1.29 is 4.79 Å². The Morgan fingerprint density at radius 1 is 1.30 bits per heavy atom. The van der Waals surface area contributed by atoms with Crippen molar-refractivity contribution in [3.8, 4) is 0 Å². The fraction of sp³-hybridized carbons (Fsp3) is 0.267. The third-order valence-corrected chi connectivity index (χ3v) is 2.88. The molecule has 0 aliphatic heterocycles. The van der Waals surface area contributed by atoms with E-state index in [1.54, 1.807) is 10.9 Å². The first-order chi connectivity index (χ1) is 9.54. The van der Waals surface area contributed by atoms with Crippen LogP contribution >= 0.6 is 0 Å². The number of hydrogen-bond donors (Lipinski definition) is 1. The van der Waals surface area contributed by atoms with E-state index < -0.39 is 0 Å². The Bertz CT molecular complexity index is 626. The lowest BCUT2D eigenvalue weighted by molar-refractivity contribution is -0.121. The van der Waals surface area contributed by atoms with Gasteiger partial charge in [-0.05, 0) is 32.4 Å². The number of nitrogens with one attached hydrogen (secondary N) is 1. The standard InChI is InChI=1S/C15H18N4O/c1-11-4-6-14(7-5-11)9-16-17-15(20)10-19-13(3)8-12(2)18-19/h4-9H,10H2,1-3H3,(H,17,20)/b16-9-. The topological polar surface area (TPSA) is 59.3 Å². The monoisotopic (exact) mass is 270 g/mol. The molecule has 0 aliphatic rings. The molecule has 2 aromatic rings. The maximum Gasteiger partial charge on any atom is 0.261 e. The quantitative estimate of drug-likeness (QED) is 0.682. The van der Waals surface area contributed by atoms with Crippen LogP contribution in [0.25, 0.3) is 0 Å². The van der Waals surface area contributed by atoms with E-state index in [9.17, 15) is 4.79 Å². The van der Waals surface area contributed by atoms with E-state index in [0.717, 1.165) is 17.0 Å². The average Bonchev–Trinajstić information content (AvgIpc) is 2.70. The number of hydrogen-bond acceptors (Lipinski definition) is 3. The van der Waals surface area contributed by atoms with E-state index >= 15 is 0 Å². The van der Waals surface area contributed by atoms with Crippen LogP contribution in [-0.4, -0.2) is 21.9 Å². The number of benzene rings is 1. The van der Waals surface area contributed by atoms with Gasteiger partial charge in [-0.3, -0.25) is 9.48 Å². The first-order valence-electron chi connectivity index (χ1n) is 6.44. The smallest absolute Gasteiger partial charge is 0.261 e. The van der Waals surface area contributed by atoms with Gasteiger partial charge in [0.2, 0.25) is 0 Å². The minimum absolute atomic E-state index is 0.172. The van der Waals surface area contributed by atoms with Gasteiger partial charge in [-0.1, -0.05) is 29.8 Å². The van der Waals surface area contributed by atoms with Crippen molar-refractivity contribution in [1.29, 1.82) is 0 Å². The first kappa shape index (κ1) is 14.0. The van der Waals surface area contributed by atoms with Crippen molar-refractivity contribution in [3.63, 3.8) is 0 Å². The molecule has 104 valence electrons. The Morgan fingerprint density at radius 3 is 2.60 bits per heavy atom. The zero-order valence-corrected chi connectivity index (χ0v) is 11.9. The van der Waals surface area contributed by atoms with Gasteiger partial charge >= 0.3 is 0 Å². The highest BCUT2D eigenvalue weighted by Gasteiger charge is 2.05. The van der Waals surface area contributed by atoms with Crippen LogP contribution in [0.3, 0.4) is 0 Å². The summed E-state index contributed by atoms with van der Waals surface area (Å²) in [4.78, 5) is 11.7. The van der Waals surface area contributed by atoms with E-state index in [4.69, 9.17) is 0 Å². The second kappa shape index (κ2) is 6.14. The van der Waals surface area contributed by atoms with Gasteiger partial charge in [0.15, 0.2) is 0 Å². The molecule has 0 bridgehead atoms. The highest BCUT2D eigenvalue weighted by atomic mass is 16.2. The van der Waals surface area contributed by atoms with Gasteiger partial charge in [0, 0.05) is 5.69 Å². The van der Waals surface area contributed by atoms with Crippen molar-refractivity contribution in [1.82, 2.24) is 15.2 Å². The fourth-order valence-electron chi connectivity index (χ4n) is 1.84. The molecule has 0 saturated carbocycles. The second-order valence-corrected chi connectivity index (χ2v) is 4.79. The summed E-state index contributed by atoms with van der Waals surface area (Å²) in [5.41, 5.74) is 6.50. The lowest BCUT2D eigenvalue weighted by Gasteiger charge is -2.02. The molecule has 0 saturated heterocycles. The van der Waals surface area contributed by atoms with Crippen LogP contribution in [0.2, 0.25) is 0 Å². The van der Waals surface area contributed by atoms with Gasteiger partial charge in [0.05, 0.1) is 11.9 Å². The van der Waals surface area contributed by atoms with E-state index in [1.165, 1.54) is 5.56 Å². The minimum Gasteiger partial charge on any atom is -0.271 e. The van der Waals surface area contributed by atoms with E-state index in [1.807, 2.05) is 51.1 Å². The molecule has 5 heteroatoms. The van der Waals surface area contributed by atoms with Crippen molar-refractivity contribution in [2.45, 2.75) is 27.3 Å². The Hall–Kier alpha value is -2.43. The Balaban J connectivity index is 1.89.